The standard InChI is InChI=1S/C28H25N5O3/c1-19-25(20(2)33(31-19)23-16-10-5-11-17-23)29-24(34)18-32-26(35)28(30-27(32)36,21-12-6-3-7-13-21)22-14-8-4-9-15-22/h3-17H,18H2,1-2H3,(H,29,34)(H,30,36). The molecule has 1 fully saturated rings. The van der Waals surface area contributed by atoms with Gasteiger partial charge >= 0.3 is 6.03 Å². The van der Waals surface area contributed by atoms with Crippen molar-refractivity contribution in [1.82, 2.24) is 20.0 Å². The number of nitrogens with zero attached hydrogens (tertiary/aromatic N) is 3. The highest BCUT2D eigenvalue weighted by Crippen LogP contribution is 2.36. The molecule has 1 saturated heterocycles. The summed E-state index contributed by atoms with van der Waals surface area (Å²) >= 11 is 0. The van der Waals surface area contributed by atoms with Crippen LogP contribution in [0.25, 0.3) is 5.69 Å². The van der Waals surface area contributed by atoms with E-state index in [-0.39, 0.29) is 0 Å². The zero-order chi connectivity index (χ0) is 25.3. The number of nitrogens with one attached hydrogen (secondary N) is 2. The van der Waals surface area contributed by atoms with Gasteiger partial charge in [-0.25, -0.2) is 9.48 Å². The van der Waals surface area contributed by atoms with Gasteiger partial charge in [0.1, 0.15) is 6.54 Å². The predicted octanol–water partition coefficient (Wildman–Crippen LogP) is 3.92. The molecule has 8 heteroatoms. The molecule has 0 atom stereocenters. The van der Waals surface area contributed by atoms with E-state index < -0.39 is 29.9 Å². The highest BCUT2D eigenvalue weighted by atomic mass is 16.2. The molecule has 0 bridgehead atoms. The summed E-state index contributed by atoms with van der Waals surface area (Å²) in [5.41, 5.74) is 2.61. The highest BCUT2D eigenvalue weighted by Gasteiger charge is 2.54. The van der Waals surface area contributed by atoms with Crippen molar-refractivity contribution in [2.75, 3.05) is 11.9 Å². The molecule has 180 valence electrons. The molecular formula is C28H25N5O3. The number of amides is 4. The second-order valence-corrected chi connectivity index (χ2v) is 8.64. The average molecular weight is 480 g/mol. The molecule has 4 aromatic rings. The summed E-state index contributed by atoms with van der Waals surface area (Å²) in [5.74, 6) is -0.997. The highest BCUT2D eigenvalue weighted by molar-refractivity contribution is 6.12. The van der Waals surface area contributed by atoms with Crippen LogP contribution in [0.5, 0.6) is 0 Å². The minimum Gasteiger partial charge on any atom is -0.321 e. The zero-order valence-electron chi connectivity index (χ0n) is 19.9. The van der Waals surface area contributed by atoms with Crippen LogP contribution in [0, 0.1) is 13.8 Å². The van der Waals surface area contributed by atoms with Crippen LogP contribution in [0.4, 0.5) is 10.5 Å². The topological polar surface area (TPSA) is 96.3 Å². The van der Waals surface area contributed by atoms with Crippen LogP contribution < -0.4 is 10.6 Å². The smallest absolute Gasteiger partial charge is 0.321 e. The lowest BCUT2D eigenvalue weighted by Crippen LogP contribution is -2.45. The molecule has 0 aliphatic carbocycles. The van der Waals surface area contributed by atoms with Gasteiger partial charge in [-0.3, -0.25) is 14.5 Å². The van der Waals surface area contributed by atoms with E-state index in [1.54, 1.807) is 35.9 Å². The van der Waals surface area contributed by atoms with Gasteiger partial charge in [0.2, 0.25) is 5.91 Å². The van der Waals surface area contributed by atoms with Crippen molar-refractivity contribution in [3.05, 3.63) is 114 Å². The van der Waals surface area contributed by atoms with E-state index >= 15 is 0 Å². The minimum atomic E-state index is -1.41. The van der Waals surface area contributed by atoms with Crippen LogP contribution in [0.2, 0.25) is 0 Å². The molecule has 2 heterocycles. The molecule has 0 spiro atoms. The molecule has 0 radical (unpaired) electrons. The number of aryl methyl sites for hydroxylation is 1. The van der Waals surface area contributed by atoms with Crippen molar-refractivity contribution in [2.45, 2.75) is 19.4 Å². The summed E-state index contributed by atoms with van der Waals surface area (Å²) in [7, 11) is 0. The summed E-state index contributed by atoms with van der Waals surface area (Å²) < 4.78 is 1.74. The van der Waals surface area contributed by atoms with Gasteiger partial charge in [0.05, 0.1) is 22.8 Å². The molecule has 1 aliphatic rings. The van der Waals surface area contributed by atoms with Crippen LogP contribution in [0.3, 0.4) is 0 Å². The quantitative estimate of drug-likeness (QED) is 0.410. The first-order chi connectivity index (χ1) is 17.4. The molecule has 1 aromatic heterocycles. The van der Waals surface area contributed by atoms with Crippen LogP contribution >= 0.6 is 0 Å². The van der Waals surface area contributed by atoms with E-state index in [0.717, 1.165) is 16.3 Å². The Morgan fingerprint density at radius 3 is 1.94 bits per heavy atom. The number of urea groups is 1. The number of para-hydroxylation sites is 1. The fraction of sp³-hybridized carbons (Fsp3) is 0.143. The number of hydrogen-bond donors (Lipinski definition) is 2. The summed E-state index contributed by atoms with van der Waals surface area (Å²) in [6.45, 7) is 3.22. The number of aromatic nitrogens is 2. The monoisotopic (exact) mass is 479 g/mol. The van der Waals surface area contributed by atoms with Gasteiger partial charge in [0.25, 0.3) is 5.91 Å². The Morgan fingerprint density at radius 2 is 1.39 bits per heavy atom. The van der Waals surface area contributed by atoms with E-state index in [0.29, 0.717) is 22.5 Å². The predicted molar refractivity (Wildman–Crippen MR) is 136 cm³/mol. The Balaban J connectivity index is 1.42. The van der Waals surface area contributed by atoms with E-state index in [9.17, 15) is 14.4 Å². The maximum absolute atomic E-state index is 13.8. The number of anilines is 1. The first kappa shape index (κ1) is 23.0. The molecular weight excluding hydrogens is 454 g/mol. The lowest BCUT2D eigenvalue weighted by atomic mass is 9.82. The number of benzene rings is 3. The van der Waals surface area contributed by atoms with Gasteiger partial charge < -0.3 is 10.6 Å². The SMILES string of the molecule is Cc1nn(-c2ccccc2)c(C)c1NC(=O)CN1C(=O)NC(c2ccccc2)(c2ccccc2)C1=O. The van der Waals surface area contributed by atoms with Gasteiger partial charge in [-0.05, 0) is 37.1 Å². The Morgan fingerprint density at radius 1 is 0.861 bits per heavy atom. The van der Waals surface area contributed by atoms with Gasteiger partial charge in [0, 0.05) is 0 Å². The van der Waals surface area contributed by atoms with Crippen LogP contribution in [-0.4, -0.2) is 39.1 Å². The normalized spacial score (nSPS) is 14.6. The van der Waals surface area contributed by atoms with Crippen molar-refractivity contribution in [2.24, 2.45) is 0 Å². The van der Waals surface area contributed by atoms with Crippen LogP contribution in [0.15, 0.2) is 91.0 Å². The Bertz CT molecular complexity index is 1390. The lowest BCUT2D eigenvalue weighted by Gasteiger charge is -2.28. The summed E-state index contributed by atoms with van der Waals surface area (Å²) in [6.07, 6.45) is 0. The van der Waals surface area contributed by atoms with Crippen molar-refractivity contribution in [3.63, 3.8) is 0 Å². The van der Waals surface area contributed by atoms with Crippen LogP contribution in [-0.2, 0) is 15.1 Å². The number of carbonyl (C=O) groups excluding carboxylic acids is 3. The summed E-state index contributed by atoms with van der Waals surface area (Å²) in [6, 6.07) is 27.0. The molecule has 36 heavy (non-hydrogen) atoms. The van der Waals surface area contributed by atoms with Crippen LogP contribution in [0.1, 0.15) is 22.5 Å². The van der Waals surface area contributed by atoms with Crippen molar-refractivity contribution in [1.29, 1.82) is 0 Å². The van der Waals surface area contributed by atoms with E-state index in [2.05, 4.69) is 15.7 Å². The number of rotatable bonds is 6. The fourth-order valence-electron chi connectivity index (χ4n) is 4.62. The maximum atomic E-state index is 13.8. The third-order valence-electron chi connectivity index (χ3n) is 6.38. The van der Waals surface area contributed by atoms with Gasteiger partial charge in [-0.1, -0.05) is 78.9 Å². The number of hydrogen-bond acceptors (Lipinski definition) is 4. The summed E-state index contributed by atoms with van der Waals surface area (Å²) in [5, 5.41) is 10.2. The van der Waals surface area contributed by atoms with Crippen molar-refractivity contribution >= 4 is 23.5 Å². The Kier molecular flexibility index (Phi) is 5.85. The van der Waals surface area contributed by atoms with Gasteiger partial charge in [-0.2, -0.15) is 5.10 Å². The molecule has 3 aromatic carbocycles. The second kappa shape index (κ2) is 9.14. The third kappa shape index (κ3) is 3.82. The summed E-state index contributed by atoms with van der Waals surface area (Å²) in [4.78, 5) is 40.9. The minimum absolute atomic E-state index is 0.429. The third-order valence-corrected chi connectivity index (χ3v) is 6.38. The van der Waals surface area contributed by atoms with E-state index in [1.807, 2.05) is 73.7 Å². The molecule has 1 aliphatic heterocycles. The van der Waals surface area contributed by atoms with Gasteiger partial charge in [-0.15, -0.1) is 0 Å². The maximum Gasteiger partial charge on any atom is 0.326 e. The molecule has 5 rings (SSSR count). The lowest BCUT2D eigenvalue weighted by molar-refractivity contribution is -0.133. The number of imide groups is 1. The zero-order valence-corrected chi connectivity index (χ0v) is 19.9. The van der Waals surface area contributed by atoms with Crippen molar-refractivity contribution in [3.8, 4) is 5.69 Å². The van der Waals surface area contributed by atoms with E-state index in [1.165, 1.54) is 0 Å². The molecule has 0 unspecified atom stereocenters. The first-order valence-corrected chi connectivity index (χ1v) is 11.6. The van der Waals surface area contributed by atoms with Gasteiger partial charge in [0.15, 0.2) is 5.54 Å². The largest absolute Gasteiger partial charge is 0.326 e. The molecule has 8 nitrogen and oxygen atoms in total. The molecule has 4 amide bonds. The average Bonchev–Trinajstić information content (AvgIpc) is 3.33. The second-order valence-electron chi connectivity index (χ2n) is 8.64. The van der Waals surface area contributed by atoms with Crippen molar-refractivity contribution < 1.29 is 14.4 Å². The molecule has 0 saturated carbocycles. The first-order valence-electron chi connectivity index (χ1n) is 11.6. The number of carbonyl (C=O) groups is 3. The Hall–Kier alpha value is -4.72. The molecule has 2 N–H and O–H groups in total. The van der Waals surface area contributed by atoms with E-state index in [4.69, 9.17) is 0 Å². The Labute approximate surface area is 208 Å². The fourth-order valence-corrected chi connectivity index (χ4v) is 4.62.